The highest BCUT2D eigenvalue weighted by molar-refractivity contribution is 7.14. The summed E-state index contributed by atoms with van der Waals surface area (Å²) in [5, 5.41) is 7.13. The van der Waals surface area contributed by atoms with Crippen LogP contribution in [0.5, 0.6) is 0 Å². The normalized spacial score (nSPS) is 10.4. The molecule has 0 saturated heterocycles. The lowest BCUT2D eigenvalue weighted by Gasteiger charge is -2.05. The average molecular weight is 373 g/mol. The van der Waals surface area contributed by atoms with E-state index in [0.29, 0.717) is 5.13 Å². The van der Waals surface area contributed by atoms with Gasteiger partial charge in [-0.25, -0.2) is 13.8 Å². The van der Waals surface area contributed by atoms with Crippen molar-refractivity contribution in [3.05, 3.63) is 71.1 Å². The quantitative estimate of drug-likeness (QED) is 0.720. The summed E-state index contributed by atoms with van der Waals surface area (Å²) in [6.07, 6.45) is 0. The van der Waals surface area contributed by atoms with Gasteiger partial charge in [0.05, 0.1) is 12.2 Å². The Morgan fingerprint density at radius 2 is 1.81 bits per heavy atom. The van der Waals surface area contributed by atoms with Gasteiger partial charge < -0.3 is 10.6 Å². The molecule has 0 fully saturated rings. The second-order valence-electron chi connectivity index (χ2n) is 5.26. The van der Waals surface area contributed by atoms with Gasteiger partial charge in [-0.2, -0.15) is 0 Å². The number of nitrogens with zero attached hydrogens (tertiary/aromatic N) is 1. The Hall–Kier alpha value is -3.13. The molecule has 2 amide bonds. The second-order valence-corrected chi connectivity index (χ2v) is 6.12. The molecule has 0 aliphatic rings. The number of carbonyl (C=O) groups excluding carboxylic acids is 2. The summed E-state index contributed by atoms with van der Waals surface area (Å²) >= 11 is 1.26. The lowest BCUT2D eigenvalue weighted by molar-refractivity contribution is -0.115. The van der Waals surface area contributed by atoms with Gasteiger partial charge in [-0.15, -0.1) is 11.3 Å². The maximum absolute atomic E-state index is 13.1. The highest BCUT2D eigenvalue weighted by Gasteiger charge is 2.12. The largest absolute Gasteiger partial charge is 0.343 e. The third-order valence-corrected chi connectivity index (χ3v) is 4.17. The molecule has 132 valence electrons. The first-order chi connectivity index (χ1) is 12.5. The van der Waals surface area contributed by atoms with E-state index in [9.17, 15) is 18.4 Å². The minimum absolute atomic E-state index is 0.0719. The van der Waals surface area contributed by atoms with Crippen LogP contribution in [-0.4, -0.2) is 23.3 Å². The standard InChI is InChI=1S/C18H13F2N3O2S/c19-13-7-6-12(8-14(13)20)17(25)21-9-16(24)23-18-22-15(10-26-18)11-4-2-1-3-5-11/h1-8,10H,9H2,(H,21,25)(H,22,23,24). The summed E-state index contributed by atoms with van der Waals surface area (Å²) in [4.78, 5) is 28.1. The molecule has 0 spiro atoms. The van der Waals surface area contributed by atoms with E-state index in [-0.39, 0.29) is 12.1 Å². The Labute approximate surface area is 151 Å². The van der Waals surface area contributed by atoms with Crippen LogP contribution < -0.4 is 10.6 Å². The molecule has 0 saturated carbocycles. The number of hydrogen-bond acceptors (Lipinski definition) is 4. The summed E-state index contributed by atoms with van der Waals surface area (Å²) in [6, 6.07) is 12.3. The van der Waals surface area contributed by atoms with Crippen LogP contribution >= 0.6 is 11.3 Å². The summed E-state index contributed by atoms with van der Waals surface area (Å²) in [5.74, 6) is -3.33. The van der Waals surface area contributed by atoms with Gasteiger partial charge in [0.15, 0.2) is 16.8 Å². The monoisotopic (exact) mass is 373 g/mol. The van der Waals surface area contributed by atoms with Crippen LogP contribution in [0.15, 0.2) is 53.9 Å². The van der Waals surface area contributed by atoms with Crippen molar-refractivity contribution >= 4 is 28.3 Å². The van der Waals surface area contributed by atoms with Crippen molar-refractivity contribution in [2.24, 2.45) is 0 Å². The molecule has 2 N–H and O–H groups in total. The number of carbonyl (C=O) groups is 2. The minimum Gasteiger partial charge on any atom is -0.343 e. The Morgan fingerprint density at radius 1 is 1.04 bits per heavy atom. The minimum atomic E-state index is -1.13. The van der Waals surface area contributed by atoms with E-state index in [4.69, 9.17) is 0 Å². The summed E-state index contributed by atoms with van der Waals surface area (Å²) in [5.41, 5.74) is 1.59. The number of aromatic nitrogens is 1. The first-order valence-corrected chi connectivity index (χ1v) is 8.45. The predicted molar refractivity (Wildman–Crippen MR) is 94.9 cm³/mol. The molecule has 0 bridgehead atoms. The van der Waals surface area contributed by atoms with Gasteiger partial charge in [0.2, 0.25) is 5.91 Å². The van der Waals surface area contributed by atoms with Crippen molar-refractivity contribution in [2.45, 2.75) is 0 Å². The average Bonchev–Trinajstić information content (AvgIpc) is 3.11. The van der Waals surface area contributed by atoms with E-state index in [2.05, 4.69) is 15.6 Å². The molecule has 8 heteroatoms. The Bertz CT molecular complexity index is 945. The molecule has 0 unspecified atom stereocenters. The van der Waals surface area contributed by atoms with Crippen molar-refractivity contribution in [3.8, 4) is 11.3 Å². The zero-order chi connectivity index (χ0) is 18.5. The molecular weight excluding hydrogens is 360 g/mol. The van der Waals surface area contributed by atoms with E-state index in [1.54, 1.807) is 0 Å². The van der Waals surface area contributed by atoms with Gasteiger partial charge in [-0.3, -0.25) is 9.59 Å². The topological polar surface area (TPSA) is 71.1 Å². The summed E-state index contributed by atoms with van der Waals surface area (Å²) in [7, 11) is 0. The molecule has 0 atom stereocenters. The third kappa shape index (κ3) is 4.28. The van der Waals surface area contributed by atoms with Crippen LogP contribution in [0.1, 0.15) is 10.4 Å². The predicted octanol–water partition coefficient (Wildman–Crippen LogP) is 3.46. The number of amides is 2. The molecule has 2 aromatic carbocycles. The molecule has 1 heterocycles. The number of thiazole rings is 1. The van der Waals surface area contributed by atoms with Gasteiger partial charge in [0.1, 0.15) is 0 Å². The van der Waals surface area contributed by atoms with E-state index >= 15 is 0 Å². The smallest absolute Gasteiger partial charge is 0.251 e. The van der Waals surface area contributed by atoms with Gasteiger partial charge >= 0.3 is 0 Å². The fourth-order valence-corrected chi connectivity index (χ4v) is 2.87. The van der Waals surface area contributed by atoms with Crippen LogP contribution in [0.2, 0.25) is 0 Å². The van der Waals surface area contributed by atoms with E-state index in [0.717, 1.165) is 29.5 Å². The summed E-state index contributed by atoms with van der Waals surface area (Å²) < 4.78 is 26.0. The van der Waals surface area contributed by atoms with E-state index in [1.165, 1.54) is 11.3 Å². The fraction of sp³-hybridized carbons (Fsp3) is 0.0556. The van der Waals surface area contributed by atoms with Crippen molar-refractivity contribution in [1.29, 1.82) is 0 Å². The molecule has 26 heavy (non-hydrogen) atoms. The van der Waals surface area contributed by atoms with E-state index < -0.39 is 23.4 Å². The SMILES string of the molecule is O=C(CNC(=O)c1ccc(F)c(F)c1)Nc1nc(-c2ccccc2)cs1. The number of halogens is 2. The van der Waals surface area contributed by atoms with Crippen molar-refractivity contribution in [1.82, 2.24) is 10.3 Å². The maximum atomic E-state index is 13.1. The molecule has 3 aromatic rings. The second kappa shape index (κ2) is 7.83. The molecule has 0 aliphatic heterocycles. The van der Waals surface area contributed by atoms with E-state index in [1.807, 2.05) is 35.7 Å². The summed E-state index contributed by atoms with van der Waals surface area (Å²) in [6.45, 7) is -0.321. The molecule has 0 aliphatic carbocycles. The Balaban J connectivity index is 1.55. The Morgan fingerprint density at radius 3 is 2.54 bits per heavy atom. The van der Waals surface area contributed by atoms with Crippen molar-refractivity contribution in [3.63, 3.8) is 0 Å². The molecule has 0 radical (unpaired) electrons. The van der Waals surface area contributed by atoms with Gasteiger partial charge in [0, 0.05) is 16.5 Å². The van der Waals surface area contributed by atoms with Crippen LogP contribution in [0.3, 0.4) is 0 Å². The van der Waals surface area contributed by atoms with Crippen molar-refractivity contribution < 1.29 is 18.4 Å². The van der Waals surface area contributed by atoms with Crippen LogP contribution in [0, 0.1) is 11.6 Å². The first kappa shape index (κ1) is 17.7. The molecule has 5 nitrogen and oxygen atoms in total. The zero-order valence-electron chi connectivity index (χ0n) is 13.3. The van der Waals surface area contributed by atoms with Gasteiger partial charge in [0.25, 0.3) is 5.91 Å². The third-order valence-electron chi connectivity index (χ3n) is 3.41. The first-order valence-electron chi connectivity index (χ1n) is 7.57. The molecular formula is C18H13F2N3O2S. The maximum Gasteiger partial charge on any atom is 0.251 e. The lowest BCUT2D eigenvalue weighted by Crippen LogP contribution is -2.32. The highest BCUT2D eigenvalue weighted by Crippen LogP contribution is 2.24. The number of benzene rings is 2. The van der Waals surface area contributed by atoms with Crippen LogP contribution in [-0.2, 0) is 4.79 Å². The number of rotatable bonds is 5. The Kier molecular flexibility index (Phi) is 5.33. The molecule has 1 aromatic heterocycles. The molecule has 3 rings (SSSR count). The van der Waals surface area contributed by atoms with Crippen LogP contribution in [0.25, 0.3) is 11.3 Å². The zero-order valence-corrected chi connectivity index (χ0v) is 14.1. The van der Waals surface area contributed by atoms with Gasteiger partial charge in [-0.1, -0.05) is 30.3 Å². The lowest BCUT2D eigenvalue weighted by atomic mass is 10.2. The van der Waals surface area contributed by atoms with Gasteiger partial charge in [-0.05, 0) is 18.2 Å². The number of anilines is 1. The highest BCUT2D eigenvalue weighted by atomic mass is 32.1. The number of nitrogens with one attached hydrogen (secondary N) is 2. The van der Waals surface area contributed by atoms with Crippen LogP contribution in [0.4, 0.5) is 13.9 Å². The number of hydrogen-bond donors (Lipinski definition) is 2. The fourth-order valence-electron chi connectivity index (χ4n) is 2.14. The van der Waals surface area contributed by atoms with Crippen molar-refractivity contribution in [2.75, 3.05) is 11.9 Å².